The molecule has 2 heterocycles. The minimum absolute atomic E-state index is 0.0852. The summed E-state index contributed by atoms with van der Waals surface area (Å²) in [6, 6.07) is 0.931. The van der Waals surface area contributed by atoms with Crippen LogP contribution >= 0.6 is 11.3 Å². The molecule has 1 N–H and O–H groups in total. The number of carbonyl (C=O) groups is 1. The number of benzene rings is 1. The largest absolute Gasteiger partial charge is 0.474 e. The van der Waals surface area contributed by atoms with Crippen molar-refractivity contribution in [3.8, 4) is 17.5 Å². The lowest BCUT2D eigenvalue weighted by atomic mass is 10.2. The van der Waals surface area contributed by atoms with E-state index in [9.17, 15) is 13.6 Å². The highest BCUT2D eigenvalue weighted by molar-refractivity contribution is 7.18. The first kappa shape index (κ1) is 20.8. The van der Waals surface area contributed by atoms with E-state index in [-0.39, 0.29) is 46.5 Å². The van der Waals surface area contributed by atoms with Gasteiger partial charge in [0.1, 0.15) is 6.61 Å². The van der Waals surface area contributed by atoms with Gasteiger partial charge in [-0.05, 0) is 6.92 Å². The average Bonchev–Trinajstić information content (AvgIpc) is 3.08. The number of carbonyl (C=O) groups excluding carboxylic acids is 1. The van der Waals surface area contributed by atoms with Crippen molar-refractivity contribution in [3.63, 3.8) is 0 Å². The standard InChI is InChI=1S/C19H20F2N4O3S/c1-9(2)19-25-13-5-12(20)17(16(21)18(13)29-19)28-15-7-22-14(6-23-15)27-8-10(3)24-11(4)26/h5-7,9-10H,8H2,1-4H3,(H,24,26). The Morgan fingerprint density at radius 2 is 1.90 bits per heavy atom. The van der Waals surface area contributed by atoms with E-state index in [1.807, 2.05) is 13.8 Å². The van der Waals surface area contributed by atoms with Crippen molar-refractivity contribution in [3.05, 3.63) is 35.1 Å². The van der Waals surface area contributed by atoms with Gasteiger partial charge < -0.3 is 14.8 Å². The van der Waals surface area contributed by atoms with Gasteiger partial charge in [0.25, 0.3) is 0 Å². The number of thiazole rings is 1. The lowest BCUT2D eigenvalue weighted by molar-refractivity contribution is -0.119. The lowest BCUT2D eigenvalue weighted by Gasteiger charge is -2.13. The third-order valence-electron chi connectivity index (χ3n) is 3.78. The molecule has 0 spiro atoms. The zero-order valence-electron chi connectivity index (χ0n) is 16.3. The van der Waals surface area contributed by atoms with Crippen molar-refractivity contribution >= 4 is 27.5 Å². The van der Waals surface area contributed by atoms with E-state index >= 15 is 0 Å². The molecule has 1 amide bonds. The molecule has 1 unspecified atom stereocenters. The molecule has 10 heteroatoms. The van der Waals surface area contributed by atoms with Crippen LogP contribution in [0.2, 0.25) is 0 Å². The van der Waals surface area contributed by atoms with E-state index in [0.29, 0.717) is 5.01 Å². The fourth-order valence-electron chi connectivity index (χ4n) is 2.47. The fraction of sp³-hybridized carbons (Fsp3) is 0.368. The van der Waals surface area contributed by atoms with Crippen LogP contribution in [0.3, 0.4) is 0 Å². The Balaban J connectivity index is 1.74. The summed E-state index contributed by atoms with van der Waals surface area (Å²) in [6.07, 6.45) is 2.47. The number of nitrogens with zero attached hydrogens (tertiary/aromatic N) is 3. The molecule has 1 aromatic carbocycles. The minimum Gasteiger partial charge on any atom is -0.474 e. The summed E-state index contributed by atoms with van der Waals surface area (Å²) in [4.78, 5) is 23.2. The Hall–Kier alpha value is -2.88. The zero-order valence-corrected chi connectivity index (χ0v) is 17.1. The highest BCUT2D eigenvalue weighted by atomic mass is 32.1. The summed E-state index contributed by atoms with van der Waals surface area (Å²) in [5, 5.41) is 3.38. The van der Waals surface area contributed by atoms with E-state index in [1.165, 1.54) is 19.3 Å². The van der Waals surface area contributed by atoms with Crippen molar-refractivity contribution in [2.75, 3.05) is 6.61 Å². The number of hydrogen-bond donors (Lipinski definition) is 1. The van der Waals surface area contributed by atoms with E-state index < -0.39 is 17.4 Å². The maximum Gasteiger partial charge on any atom is 0.238 e. The van der Waals surface area contributed by atoms with Crippen molar-refractivity contribution in [2.45, 2.75) is 39.7 Å². The van der Waals surface area contributed by atoms with Crippen LogP contribution in [0.1, 0.15) is 38.6 Å². The number of nitrogens with one attached hydrogen (secondary N) is 1. The van der Waals surface area contributed by atoms with Crippen molar-refractivity contribution in [1.82, 2.24) is 20.3 Å². The summed E-state index contributed by atoms with van der Waals surface area (Å²) >= 11 is 1.16. The Kier molecular flexibility index (Phi) is 6.21. The van der Waals surface area contributed by atoms with Gasteiger partial charge in [0.05, 0.1) is 33.7 Å². The molecule has 0 radical (unpaired) electrons. The van der Waals surface area contributed by atoms with Crippen molar-refractivity contribution < 1.29 is 23.0 Å². The Labute approximate surface area is 170 Å². The van der Waals surface area contributed by atoms with Gasteiger partial charge >= 0.3 is 0 Å². The summed E-state index contributed by atoms with van der Waals surface area (Å²) in [5.74, 6) is -2.21. The van der Waals surface area contributed by atoms with Gasteiger partial charge in [-0.25, -0.2) is 23.7 Å². The van der Waals surface area contributed by atoms with E-state index in [1.54, 1.807) is 6.92 Å². The molecule has 29 heavy (non-hydrogen) atoms. The van der Waals surface area contributed by atoms with Gasteiger partial charge in [-0.3, -0.25) is 4.79 Å². The third kappa shape index (κ3) is 4.94. The monoisotopic (exact) mass is 422 g/mol. The first-order valence-electron chi connectivity index (χ1n) is 8.92. The van der Waals surface area contributed by atoms with Gasteiger partial charge in [0.2, 0.25) is 23.4 Å². The zero-order chi connectivity index (χ0) is 21.1. The quantitative estimate of drug-likeness (QED) is 0.615. The van der Waals surface area contributed by atoms with Crippen LogP contribution in [0.25, 0.3) is 10.2 Å². The van der Waals surface area contributed by atoms with Crippen molar-refractivity contribution in [2.24, 2.45) is 0 Å². The lowest BCUT2D eigenvalue weighted by Crippen LogP contribution is -2.35. The topological polar surface area (TPSA) is 86.2 Å². The number of rotatable bonds is 7. The van der Waals surface area contributed by atoms with E-state index in [2.05, 4.69) is 20.3 Å². The fourth-order valence-corrected chi connectivity index (χ4v) is 3.45. The molecule has 0 aliphatic carbocycles. The maximum atomic E-state index is 14.8. The number of amides is 1. The molecule has 3 rings (SSSR count). The first-order chi connectivity index (χ1) is 13.7. The highest BCUT2D eigenvalue weighted by Crippen LogP contribution is 2.36. The molecular weight excluding hydrogens is 402 g/mol. The van der Waals surface area contributed by atoms with Crippen LogP contribution in [0, 0.1) is 11.6 Å². The van der Waals surface area contributed by atoms with Gasteiger partial charge in [-0.15, -0.1) is 11.3 Å². The molecule has 0 aliphatic heterocycles. The van der Waals surface area contributed by atoms with Gasteiger partial charge in [0.15, 0.2) is 11.6 Å². The van der Waals surface area contributed by atoms with E-state index in [4.69, 9.17) is 9.47 Å². The maximum absolute atomic E-state index is 14.8. The van der Waals surface area contributed by atoms with Gasteiger partial charge in [-0.1, -0.05) is 13.8 Å². The van der Waals surface area contributed by atoms with Crippen molar-refractivity contribution in [1.29, 1.82) is 0 Å². The number of halogens is 2. The number of ether oxygens (including phenoxy) is 2. The van der Waals surface area contributed by atoms with Crippen LogP contribution in [0.4, 0.5) is 8.78 Å². The Bertz CT molecular complexity index is 1020. The molecule has 0 saturated heterocycles. The van der Waals surface area contributed by atoms with Crippen LogP contribution in [0.5, 0.6) is 17.5 Å². The predicted octanol–water partition coefficient (Wildman–Crippen LogP) is 4.18. The number of hydrogen-bond acceptors (Lipinski definition) is 7. The average molecular weight is 422 g/mol. The molecule has 154 valence electrons. The Morgan fingerprint density at radius 1 is 1.21 bits per heavy atom. The SMILES string of the molecule is CC(=O)NC(C)COc1cnc(Oc2c(F)cc3nc(C(C)C)sc3c2F)cn1. The smallest absolute Gasteiger partial charge is 0.238 e. The second-order valence-electron chi connectivity index (χ2n) is 6.76. The Morgan fingerprint density at radius 3 is 2.52 bits per heavy atom. The number of aromatic nitrogens is 3. The summed E-state index contributed by atoms with van der Waals surface area (Å²) in [7, 11) is 0. The summed E-state index contributed by atoms with van der Waals surface area (Å²) in [5.41, 5.74) is 0.254. The van der Waals surface area contributed by atoms with Crippen LogP contribution in [0.15, 0.2) is 18.5 Å². The molecular formula is C19H20F2N4O3S. The number of fused-ring (bicyclic) bond motifs is 1. The van der Waals surface area contributed by atoms with Crippen LogP contribution < -0.4 is 14.8 Å². The van der Waals surface area contributed by atoms with Crippen LogP contribution in [-0.2, 0) is 4.79 Å². The molecule has 0 fully saturated rings. The normalized spacial score (nSPS) is 12.2. The molecule has 2 aromatic heterocycles. The molecule has 0 aliphatic rings. The molecule has 1 atom stereocenters. The summed E-state index contributed by atoms with van der Waals surface area (Å²) in [6.45, 7) is 7.24. The van der Waals surface area contributed by atoms with Crippen LogP contribution in [-0.4, -0.2) is 33.5 Å². The minimum atomic E-state index is -0.873. The molecule has 0 saturated carbocycles. The highest BCUT2D eigenvalue weighted by Gasteiger charge is 2.21. The first-order valence-corrected chi connectivity index (χ1v) is 9.74. The van der Waals surface area contributed by atoms with E-state index in [0.717, 1.165) is 17.4 Å². The second kappa shape index (κ2) is 8.64. The predicted molar refractivity (Wildman–Crippen MR) is 105 cm³/mol. The van der Waals surface area contributed by atoms with Gasteiger partial charge in [-0.2, -0.15) is 0 Å². The molecule has 0 bridgehead atoms. The second-order valence-corrected chi connectivity index (χ2v) is 7.79. The molecule has 3 aromatic rings. The summed E-state index contributed by atoms with van der Waals surface area (Å²) < 4.78 is 40.1. The third-order valence-corrected chi connectivity index (χ3v) is 5.15. The molecule has 7 nitrogen and oxygen atoms in total. The van der Waals surface area contributed by atoms with Gasteiger partial charge in [0, 0.05) is 18.9 Å².